The molecule has 1 rings (SSSR count). The quantitative estimate of drug-likeness (QED) is 0.442. The van der Waals surface area contributed by atoms with Crippen LogP contribution in [0.15, 0.2) is 41.8 Å². The topological polar surface area (TPSA) is 29.1 Å². The van der Waals surface area contributed by atoms with Crippen LogP contribution in [0.1, 0.15) is 0 Å². The number of carbonyl (C=O) groups excluding carboxylic acids is 1. The van der Waals surface area contributed by atoms with Crippen molar-refractivity contribution in [2.75, 3.05) is 11.1 Å². The number of benzene rings is 1. The average molecular weight is 193 g/mol. The van der Waals surface area contributed by atoms with E-state index in [1.165, 1.54) is 0 Å². The molecule has 1 aromatic rings. The van der Waals surface area contributed by atoms with E-state index in [2.05, 4.69) is 11.9 Å². The lowest BCUT2D eigenvalue weighted by molar-refractivity contribution is -0.105. The predicted octanol–water partition coefficient (Wildman–Crippen LogP) is 2.53. The van der Waals surface area contributed by atoms with Gasteiger partial charge in [-0.3, -0.25) is 4.79 Å². The molecule has 0 aliphatic carbocycles. The Balaban J connectivity index is 2.77. The summed E-state index contributed by atoms with van der Waals surface area (Å²) in [5.74, 6) is 0.845. The molecule has 0 saturated heterocycles. The fourth-order valence-electron chi connectivity index (χ4n) is 0.924. The third kappa shape index (κ3) is 2.95. The Labute approximate surface area is 82.0 Å². The molecule has 0 aliphatic heterocycles. The zero-order valence-electron chi connectivity index (χ0n) is 7.19. The summed E-state index contributed by atoms with van der Waals surface area (Å²) in [4.78, 5) is 11.3. The first-order chi connectivity index (χ1) is 6.38. The van der Waals surface area contributed by atoms with E-state index in [-0.39, 0.29) is 0 Å². The average Bonchev–Trinajstić information content (AvgIpc) is 2.17. The Morgan fingerprint density at radius 1 is 1.46 bits per heavy atom. The molecule has 0 aromatic heterocycles. The number of carbonyl (C=O) groups is 1. The van der Waals surface area contributed by atoms with Crippen molar-refractivity contribution >= 4 is 23.9 Å². The van der Waals surface area contributed by atoms with Gasteiger partial charge in [0.05, 0.1) is 5.69 Å². The van der Waals surface area contributed by atoms with Crippen molar-refractivity contribution in [2.45, 2.75) is 4.90 Å². The number of thioether (sulfide) groups is 1. The van der Waals surface area contributed by atoms with Crippen molar-refractivity contribution in [1.29, 1.82) is 0 Å². The molecule has 0 unspecified atom stereocenters. The van der Waals surface area contributed by atoms with Gasteiger partial charge in [0, 0.05) is 10.6 Å². The van der Waals surface area contributed by atoms with E-state index in [9.17, 15) is 4.79 Å². The van der Waals surface area contributed by atoms with Gasteiger partial charge in [-0.15, -0.1) is 18.3 Å². The lowest BCUT2D eigenvalue weighted by Crippen LogP contribution is -1.95. The van der Waals surface area contributed by atoms with Gasteiger partial charge in [0.15, 0.2) is 0 Å². The monoisotopic (exact) mass is 193 g/mol. The Morgan fingerprint density at radius 3 is 2.92 bits per heavy atom. The maximum absolute atomic E-state index is 10.3. The highest BCUT2D eigenvalue weighted by Crippen LogP contribution is 2.26. The minimum Gasteiger partial charge on any atom is -0.328 e. The third-order valence-electron chi connectivity index (χ3n) is 1.46. The van der Waals surface area contributed by atoms with Crippen molar-refractivity contribution in [2.24, 2.45) is 0 Å². The van der Waals surface area contributed by atoms with Crippen LogP contribution in [-0.4, -0.2) is 12.2 Å². The van der Waals surface area contributed by atoms with Gasteiger partial charge >= 0.3 is 0 Å². The molecule has 2 nitrogen and oxygen atoms in total. The van der Waals surface area contributed by atoms with Crippen molar-refractivity contribution in [3.05, 3.63) is 36.9 Å². The fourth-order valence-corrected chi connectivity index (χ4v) is 1.68. The SMILES string of the molecule is C=CCSc1ccccc1NC=O. The van der Waals surface area contributed by atoms with Crippen molar-refractivity contribution in [1.82, 2.24) is 0 Å². The Morgan fingerprint density at radius 2 is 2.23 bits per heavy atom. The maximum Gasteiger partial charge on any atom is 0.211 e. The molecular weight excluding hydrogens is 182 g/mol. The molecule has 0 spiro atoms. The summed E-state index contributed by atoms with van der Waals surface area (Å²) in [6, 6.07) is 7.69. The van der Waals surface area contributed by atoms with E-state index < -0.39 is 0 Å². The van der Waals surface area contributed by atoms with Crippen molar-refractivity contribution in [3.8, 4) is 0 Å². The van der Waals surface area contributed by atoms with Crippen molar-refractivity contribution < 1.29 is 4.79 Å². The van der Waals surface area contributed by atoms with E-state index in [0.29, 0.717) is 6.41 Å². The minimum atomic E-state index is 0.688. The van der Waals surface area contributed by atoms with Gasteiger partial charge in [-0.25, -0.2) is 0 Å². The van der Waals surface area contributed by atoms with Crippen LogP contribution in [-0.2, 0) is 4.79 Å². The predicted molar refractivity (Wildman–Crippen MR) is 57.0 cm³/mol. The van der Waals surface area contributed by atoms with Crippen LogP contribution < -0.4 is 5.32 Å². The highest BCUT2D eigenvalue weighted by molar-refractivity contribution is 7.99. The molecule has 0 fully saturated rings. The molecule has 0 heterocycles. The molecule has 1 N–H and O–H groups in total. The Kier molecular flexibility index (Phi) is 4.12. The second-order valence-electron chi connectivity index (χ2n) is 2.36. The molecule has 0 bridgehead atoms. The molecule has 0 aliphatic rings. The van der Waals surface area contributed by atoms with Gasteiger partial charge in [-0.1, -0.05) is 18.2 Å². The first-order valence-electron chi connectivity index (χ1n) is 3.91. The van der Waals surface area contributed by atoms with E-state index in [1.54, 1.807) is 11.8 Å². The van der Waals surface area contributed by atoms with Crippen molar-refractivity contribution in [3.63, 3.8) is 0 Å². The second-order valence-corrected chi connectivity index (χ2v) is 3.42. The molecule has 1 aromatic carbocycles. The third-order valence-corrected chi connectivity index (χ3v) is 2.53. The maximum atomic E-state index is 10.3. The highest BCUT2D eigenvalue weighted by atomic mass is 32.2. The van der Waals surface area contributed by atoms with Crippen LogP contribution in [0.5, 0.6) is 0 Å². The number of rotatable bonds is 5. The highest BCUT2D eigenvalue weighted by Gasteiger charge is 1.98. The fraction of sp³-hybridized carbons (Fsp3) is 0.100. The van der Waals surface area contributed by atoms with E-state index in [4.69, 9.17) is 0 Å². The van der Waals surface area contributed by atoms with Gasteiger partial charge in [0.1, 0.15) is 0 Å². The largest absolute Gasteiger partial charge is 0.328 e. The van der Waals surface area contributed by atoms with E-state index >= 15 is 0 Å². The summed E-state index contributed by atoms with van der Waals surface area (Å²) in [7, 11) is 0. The summed E-state index contributed by atoms with van der Waals surface area (Å²) in [5, 5.41) is 2.65. The number of hydrogen-bond donors (Lipinski definition) is 1. The molecule has 0 atom stereocenters. The van der Waals surface area contributed by atoms with Gasteiger partial charge in [0.2, 0.25) is 6.41 Å². The first kappa shape index (κ1) is 9.86. The molecule has 3 heteroatoms. The molecule has 13 heavy (non-hydrogen) atoms. The number of hydrogen-bond acceptors (Lipinski definition) is 2. The van der Waals surface area contributed by atoms with Crippen LogP contribution in [0.3, 0.4) is 0 Å². The van der Waals surface area contributed by atoms with E-state index in [0.717, 1.165) is 16.3 Å². The van der Waals surface area contributed by atoms with Gasteiger partial charge < -0.3 is 5.32 Å². The zero-order chi connectivity index (χ0) is 9.52. The van der Waals surface area contributed by atoms with Gasteiger partial charge in [-0.05, 0) is 12.1 Å². The summed E-state index contributed by atoms with van der Waals surface area (Å²) >= 11 is 1.65. The number of nitrogens with one attached hydrogen (secondary N) is 1. The molecule has 68 valence electrons. The minimum absolute atomic E-state index is 0.688. The van der Waals surface area contributed by atoms with E-state index in [1.807, 2.05) is 30.3 Å². The normalized spacial score (nSPS) is 9.23. The molecule has 0 radical (unpaired) electrons. The standard InChI is InChI=1S/C10H11NOS/c1-2-7-13-10-6-4-3-5-9(10)11-8-12/h2-6,8H,1,7H2,(H,11,12). The lowest BCUT2D eigenvalue weighted by atomic mass is 10.3. The summed E-state index contributed by atoms with van der Waals surface area (Å²) in [6.45, 7) is 3.64. The Bertz CT molecular complexity index is 299. The Hall–Kier alpha value is -1.22. The lowest BCUT2D eigenvalue weighted by Gasteiger charge is -2.05. The first-order valence-corrected chi connectivity index (χ1v) is 4.90. The van der Waals surface area contributed by atoms with Crippen LogP contribution in [0.4, 0.5) is 5.69 Å². The zero-order valence-corrected chi connectivity index (χ0v) is 8.01. The van der Waals surface area contributed by atoms with Gasteiger partial charge in [-0.2, -0.15) is 0 Å². The number of para-hydroxylation sites is 1. The molecule has 0 saturated carbocycles. The summed E-state index contributed by atoms with van der Waals surface area (Å²) in [5.41, 5.74) is 0.851. The van der Waals surface area contributed by atoms with Crippen LogP contribution in [0, 0.1) is 0 Å². The smallest absolute Gasteiger partial charge is 0.211 e. The second kappa shape index (κ2) is 5.43. The molecule has 1 amide bonds. The summed E-state index contributed by atoms with van der Waals surface area (Å²) in [6.07, 6.45) is 2.52. The molecular formula is C10H11NOS. The number of amides is 1. The summed E-state index contributed by atoms with van der Waals surface area (Å²) < 4.78 is 0. The van der Waals surface area contributed by atoms with Crippen LogP contribution in [0.2, 0.25) is 0 Å². The van der Waals surface area contributed by atoms with Gasteiger partial charge in [0.25, 0.3) is 0 Å². The number of anilines is 1. The van der Waals surface area contributed by atoms with Crippen LogP contribution in [0.25, 0.3) is 0 Å². The van der Waals surface area contributed by atoms with Crippen LogP contribution >= 0.6 is 11.8 Å².